The van der Waals surface area contributed by atoms with Crippen molar-refractivity contribution in [2.24, 2.45) is 0 Å². The smallest absolute Gasteiger partial charge is 0.136 e. The third-order valence-electron chi connectivity index (χ3n) is 8.33. The highest BCUT2D eigenvalue weighted by atomic mass is 16.3. The van der Waals surface area contributed by atoms with Gasteiger partial charge in [-0.25, -0.2) is 0 Å². The Hall–Kier alpha value is -5.61. The summed E-state index contributed by atoms with van der Waals surface area (Å²) in [6.07, 6.45) is 0. The van der Waals surface area contributed by atoms with E-state index in [1.165, 1.54) is 10.8 Å². The van der Waals surface area contributed by atoms with Crippen LogP contribution in [0.4, 0.5) is 5.69 Å². The van der Waals surface area contributed by atoms with Gasteiger partial charge in [0.15, 0.2) is 0 Å². The zero-order chi connectivity index (χ0) is 28.9. The molecule has 0 bridgehead atoms. The number of para-hydroxylation sites is 3. The standard InChI is InChI=1S/C39H29N3O/c1-25-10-8-12-27(20-25)39(40)31-16-2-5-17-34(31)41-24-26-11-9-13-28(21-26)42-35-18-6-3-14-29(35)32-23-38-33(22-36(32)42)30-15-4-7-19-37(30)43-38/h2-23,40-41H,24H2,1H3. The monoisotopic (exact) mass is 555 g/mol. The van der Waals surface area contributed by atoms with Gasteiger partial charge in [0.05, 0.1) is 16.7 Å². The normalized spacial score (nSPS) is 11.6. The van der Waals surface area contributed by atoms with Gasteiger partial charge in [-0.3, -0.25) is 5.41 Å². The number of aryl methyl sites for hydroxylation is 1. The minimum absolute atomic E-state index is 0.518. The van der Waals surface area contributed by atoms with E-state index in [1.54, 1.807) is 0 Å². The van der Waals surface area contributed by atoms with Gasteiger partial charge in [-0.05, 0) is 61.0 Å². The van der Waals surface area contributed by atoms with E-state index in [2.05, 4.69) is 108 Å². The van der Waals surface area contributed by atoms with Crippen molar-refractivity contribution in [2.75, 3.05) is 5.32 Å². The van der Waals surface area contributed by atoms with Crippen molar-refractivity contribution >= 4 is 55.1 Å². The fourth-order valence-corrected chi connectivity index (χ4v) is 6.28. The summed E-state index contributed by atoms with van der Waals surface area (Å²) < 4.78 is 8.60. The van der Waals surface area contributed by atoms with Crippen LogP contribution in [0.5, 0.6) is 0 Å². The summed E-state index contributed by atoms with van der Waals surface area (Å²) in [4.78, 5) is 0. The van der Waals surface area contributed by atoms with E-state index in [-0.39, 0.29) is 0 Å². The highest BCUT2D eigenvalue weighted by molar-refractivity contribution is 6.17. The Labute approximate surface area is 249 Å². The lowest BCUT2D eigenvalue weighted by atomic mass is 9.99. The van der Waals surface area contributed by atoms with Crippen LogP contribution in [0.15, 0.2) is 138 Å². The zero-order valence-corrected chi connectivity index (χ0v) is 23.8. The number of hydrogen-bond acceptors (Lipinski definition) is 3. The average molecular weight is 556 g/mol. The number of rotatable bonds is 6. The molecule has 4 nitrogen and oxygen atoms in total. The van der Waals surface area contributed by atoms with Crippen molar-refractivity contribution in [1.82, 2.24) is 4.57 Å². The number of aromatic nitrogens is 1. The van der Waals surface area contributed by atoms with Crippen LogP contribution in [0.1, 0.15) is 22.3 Å². The van der Waals surface area contributed by atoms with E-state index in [0.29, 0.717) is 12.3 Å². The number of hydrogen-bond donors (Lipinski definition) is 2. The second-order valence-corrected chi connectivity index (χ2v) is 11.1. The van der Waals surface area contributed by atoms with Crippen LogP contribution >= 0.6 is 0 Å². The van der Waals surface area contributed by atoms with E-state index in [4.69, 9.17) is 9.83 Å². The van der Waals surface area contributed by atoms with Crippen LogP contribution in [-0.2, 0) is 6.54 Å². The van der Waals surface area contributed by atoms with Gasteiger partial charge in [0.2, 0.25) is 0 Å². The number of furan rings is 1. The molecule has 0 atom stereocenters. The maximum atomic E-state index is 8.92. The molecule has 0 fully saturated rings. The molecule has 0 radical (unpaired) electrons. The Balaban J connectivity index is 1.19. The highest BCUT2D eigenvalue weighted by Crippen LogP contribution is 2.38. The molecule has 0 aliphatic carbocycles. The molecule has 0 saturated carbocycles. The molecular weight excluding hydrogens is 526 g/mol. The average Bonchev–Trinajstić information content (AvgIpc) is 3.57. The van der Waals surface area contributed by atoms with Crippen LogP contribution in [-0.4, -0.2) is 10.3 Å². The molecule has 0 unspecified atom stereocenters. The molecule has 4 heteroatoms. The summed E-state index contributed by atoms with van der Waals surface area (Å²) in [6.45, 7) is 2.70. The van der Waals surface area contributed by atoms with Crippen LogP contribution in [0, 0.1) is 12.3 Å². The number of anilines is 1. The van der Waals surface area contributed by atoms with Gasteiger partial charge in [-0.15, -0.1) is 0 Å². The van der Waals surface area contributed by atoms with Crippen molar-refractivity contribution in [2.45, 2.75) is 13.5 Å². The second kappa shape index (κ2) is 10.0. The van der Waals surface area contributed by atoms with Crippen LogP contribution in [0.3, 0.4) is 0 Å². The minimum Gasteiger partial charge on any atom is -0.456 e. The largest absolute Gasteiger partial charge is 0.456 e. The predicted molar refractivity (Wildman–Crippen MR) is 179 cm³/mol. The van der Waals surface area contributed by atoms with Crippen molar-refractivity contribution < 1.29 is 4.42 Å². The maximum absolute atomic E-state index is 8.92. The Kier molecular flexibility index (Phi) is 5.86. The topological polar surface area (TPSA) is 54.0 Å². The summed E-state index contributed by atoms with van der Waals surface area (Å²) >= 11 is 0. The highest BCUT2D eigenvalue weighted by Gasteiger charge is 2.16. The summed E-state index contributed by atoms with van der Waals surface area (Å²) in [6, 6.07) is 46.2. The fourth-order valence-electron chi connectivity index (χ4n) is 6.28. The Morgan fingerprint density at radius 2 is 1.44 bits per heavy atom. The van der Waals surface area contributed by atoms with E-state index < -0.39 is 0 Å². The van der Waals surface area contributed by atoms with Crippen LogP contribution in [0.25, 0.3) is 49.4 Å². The number of benzene rings is 6. The van der Waals surface area contributed by atoms with Gasteiger partial charge in [0, 0.05) is 50.6 Å². The van der Waals surface area contributed by atoms with Gasteiger partial charge >= 0.3 is 0 Å². The number of nitrogens with zero attached hydrogens (tertiary/aromatic N) is 1. The van der Waals surface area contributed by atoms with Crippen molar-refractivity contribution in [3.63, 3.8) is 0 Å². The SMILES string of the molecule is Cc1cccc(C(=N)c2ccccc2NCc2cccc(-n3c4ccccc4c4cc5oc6ccccc6c5cc43)c2)c1. The first-order chi connectivity index (χ1) is 21.1. The molecule has 43 heavy (non-hydrogen) atoms. The lowest BCUT2D eigenvalue weighted by Gasteiger charge is -2.15. The Bertz CT molecular complexity index is 2340. The first kappa shape index (κ1) is 25.1. The van der Waals surface area contributed by atoms with Crippen molar-refractivity contribution in [3.05, 3.63) is 156 Å². The van der Waals surface area contributed by atoms with Crippen LogP contribution < -0.4 is 5.32 Å². The molecular formula is C39H29N3O. The van der Waals surface area contributed by atoms with E-state index in [9.17, 15) is 0 Å². The first-order valence-electron chi connectivity index (χ1n) is 14.6. The molecule has 0 amide bonds. The summed E-state index contributed by atoms with van der Waals surface area (Å²) in [7, 11) is 0. The molecule has 0 aliphatic heterocycles. The molecule has 8 aromatic rings. The lowest BCUT2D eigenvalue weighted by molar-refractivity contribution is 0.669. The first-order valence-corrected chi connectivity index (χ1v) is 14.6. The molecule has 8 rings (SSSR count). The summed E-state index contributed by atoms with van der Waals surface area (Å²) in [5, 5.41) is 17.2. The Morgan fingerprint density at radius 1 is 0.651 bits per heavy atom. The van der Waals surface area contributed by atoms with Gasteiger partial charge in [0.25, 0.3) is 0 Å². The maximum Gasteiger partial charge on any atom is 0.136 e. The van der Waals surface area contributed by atoms with Crippen molar-refractivity contribution in [1.29, 1.82) is 5.41 Å². The molecule has 206 valence electrons. The van der Waals surface area contributed by atoms with Crippen LogP contribution in [0.2, 0.25) is 0 Å². The zero-order valence-electron chi connectivity index (χ0n) is 23.8. The summed E-state index contributed by atoms with van der Waals surface area (Å²) in [5.41, 5.74) is 10.8. The van der Waals surface area contributed by atoms with Gasteiger partial charge < -0.3 is 14.3 Å². The molecule has 2 aromatic heterocycles. The quantitative estimate of drug-likeness (QED) is 0.201. The molecule has 0 saturated heterocycles. The Morgan fingerprint density at radius 3 is 2.35 bits per heavy atom. The fraction of sp³-hybridized carbons (Fsp3) is 0.0513. The van der Waals surface area contributed by atoms with Gasteiger partial charge in [0.1, 0.15) is 11.2 Å². The second-order valence-electron chi connectivity index (χ2n) is 11.1. The van der Waals surface area contributed by atoms with E-state index >= 15 is 0 Å². The molecule has 2 N–H and O–H groups in total. The molecule has 6 aromatic carbocycles. The molecule has 0 aliphatic rings. The third-order valence-corrected chi connectivity index (χ3v) is 8.33. The number of nitrogens with one attached hydrogen (secondary N) is 2. The van der Waals surface area contributed by atoms with Gasteiger partial charge in [-0.2, -0.15) is 0 Å². The van der Waals surface area contributed by atoms with E-state index in [1.807, 2.05) is 42.5 Å². The van der Waals surface area contributed by atoms with E-state index in [0.717, 1.165) is 66.6 Å². The number of fused-ring (bicyclic) bond motifs is 6. The molecule has 0 spiro atoms. The molecule has 2 heterocycles. The van der Waals surface area contributed by atoms with Crippen molar-refractivity contribution in [3.8, 4) is 5.69 Å². The minimum atomic E-state index is 0.518. The van der Waals surface area contributed by atoms with Gasteiger partial charge in [-0.1, -0.05) is 90.5 Å². The summed E-state index contributed by atoms with van der Waals surface area (Å²) in [5.74, 6) is 0. The predicted octanol–water partition coefficient (Wildman–Crippen LogP) is 10.0. The third kappa shape index (κ3) is 4.27. The lowest BCUT2D eigenvalue weighted by Crippen LogP contribution is -2.08.